The Labute approximate surface area is 142 Å². The number of amides is 1. The number of hydrogen-bond acceptors (Lipinski definition) is 2. The minimum atomic E-state index is -1.60. The fraction of sp³-hybridized carbons (Fsp3) is 0.235. The van der Waals surface area contributed by atoms with Crippen LogP contribution in [0.2, 0.25) is 5.02 Å². The molecule has 0 saturated carbocycles. The summed E-state index contributed by atoms with van der Waals surface area (Å²) in [5.41, 5.74) is 0.736. The van der Waals surface area contributed by atoms with Gasteiger partial charge in [-0.3, -0.25) is 4.79 Å². The highest BCUT2D eigenvalue weighted by molar-refractivity contribution is 6.30. The molecule has 1 amide bonds. The average Bonchev–Trinajstić information content (AvgIpc) is 2.57. The van der Waals surface area contributed by atoms with Crippen molar-refractivity contribution in [2.75, 3.05) is 18.4 Å². The summed E-state index contributed by atoms with van der Waals surface area (Å²) in [7, 11) is 0. The molecule has 0 atom stereocenters. The van der Waals surface area contributed by atoms with Crippen molar-refractivity contribution in [1.82, 2.24) is 5.32 Å². The quantitative estimate of drug-likeness (QED) is 0.583. The summed E-state index contributed by atoms with van der Waals surface area (Å²) in [5, 5.41) is 5.97. The molecule has 0 aliphatic carbocycles. The van der Waals surface area contributed by atoms with Crippen molar-refractivity contribution in [3.63, 3.8) is 0 Å². The van der Waals surface area contributed by atoms with E-state index in [-0.39, 0.29) is 12.1 Å². The summed E-state index contributed by atoms with van der Waals surface area (Å²) in [6, 6.07) is 9.20. The number of halogens is 4. The molecule has 2 aromatic carbocycles. The second-order valence-corrected chi connectivity index (χ2v) is 5.58. The summed E-state index contributed by atoms with van der Waals surface area (Å²) >= 11 is 5.80. The van der Waals surface area contributed by atoms with E-state index in [2.05, 4.69) is 10.6 Å². The zero-order valence-corrected chi connectivity index (χ0v) is 13.5. The largest absolute Gasteiger partial charge is 0.323 e. The fourth-order valence-electron chi connectivity index (χ4n) is 2.05. The van der Waals surface area contributed by atoms with Crippen LogP contribution in [0.15, 0.2) is 36.4 Å². The highest BCUT2D eigenvalue weighted by Gasteiger charge is 2.14. The molecule has 0 aliphatic rings. The minimum absolute atomic E-state index is 0.0824. The third-order valence-corrected chi connectivity index (χ3v) is 3.59. The first-order valence-electron chi connectivity index (χ1n) is 7.36. The van der Waals surface area contributed by atoms with Crippen molar-refractivity contribution < 1.29 is 18.0 Å². The molecule has 7 heteroatoms. The van der Waals surface area contributed by atoms with Crippen LogP contribution in [-0.2, 0) is 11.2 Å². The average molecular weight is 357 g/mol. The Morgan fingerprint density at radius 2 is 1.67 bits per heavy atom. The fourth-order valence-corrected chi connectivity index (χ4v) is 2.17. The molecule has 0 fully saturated rings. The van der Waals surface area contributed by atoms with E-state index >= 15 is 0 Å². The third-order valence-electron chi connectivity index (χ3n) is 3.34. The molecule has 2 rings (SSSR count). The van der Waals surface area contributed by atoms with Crippen LogP contribution in [-0.4, -0.2) is 19.0 Å². The molecule has 2 N–H and O–H groups in total. The topological polar surface area (TPSA) is 41.1 Å². The van der Waals surface area contributed by atoms with Crippen molar-refractivity contribution in [3.8, 4) is 0 Å². The van der Waals surface area contributed by atoms with Gasteiger partial charge in [-0.1, -0.05) is 23.7 Å². The van der Waals surface area contributed by atoms with Crippen LogP contribution in [0.4, 0.5) is 18.9 Å². The van der Waals surface area contributed by atoms with Crippen LogP contribution in [0.25, 0.3) is 0 Å². The molecule has 0 unspecified atom stereocenters. The second-order valence-electron chi connectivity index (χ2n) is 5.15. The van der Waals surface area contributed by atoms with Gasteiger partial charge in [0.05, 0.1) is 5.69 Å². The Morgan fingerprint density at radius 1 is 0.958 bits per heavy atom. The molecule has 3 nitrogen and oxygen atoms in total. The number of nitrogens with one attached hydrogen (secondary N) is 2. The Balaban J connectivity index is 1.70. The molecule has 0 aromatic heterocycles. The molecule has 0 aliphatic heterocycles. The van der Waals surface area contributed by atoms with Gasteiger partial charge in [-0.2, -0.15) is 0 Å². The maximum Gasteiger partial charge on any atom is 0.225 e. The number of hydrogen-bond donors (Lipinski definition) is 2. The first-order valence-corrected chi connectivity index (χ1v) is 7.73. The number of rotatable bonds is 7. The standard InChI is InChI=1S/C17H16ClF3N2O/c18-12-3-1-11(2-4-12)7-9-22-10-8-15(24)23-14-6-5-13(19)16(20)17(14)21/h1-6,22H,7-10H2,(H,23,24). The predicted octanol–water partition coefficient (Wildman–Crippen LogP) is 3.92. The Hall–Kier alpha value is -2.05. The first kappa shape index (κ1) is 18.3. The van der Waals surface area contributed by atoms with Crippen molar-refractivity contribution in [2.45, 2.75) is 12.8 Å². The molecular weight excluding hydrogens is 341 g/mol. The normalized spacial score (nSPS) is 10.7. The van der Waals surface area contributed by atoms with Gasteiger partial charge in [-0.15, -0.1) is 0 Å². The van der Waals surface area contributed by atoms with Crippen LogP contribution in [0.1, 0.15) is 12.0 Å². The molecule has 0 heterocycles. The van der Waals surface area contributed by atoms with Gasteiger partial charge in [-0.05, 0) is 42.8 Å². The van der Waals surface area contributed by atoms with E-state index in [1.54, 1.807) is 12.1 Å². The maximum absolute atomic E-state index is 13.4. The maximum atomic E-state index is 13.4. The van der Waals surface area contributed by atoms with Gasteiger partial charge in [0.25, 0.3) is 0 Å². The highest BCUT2D eigenvalue weighted by Crippen LogP contribution is 2.19. The lowest BCUT2D eigenvalue weighted by Gasteiger charge is -2.08. The lowest BCUT2D eigenvalue weighted by Crippen LogP contribution is -2.24. The third kappa shape index (κ3) is 5.25. The summed E-state index contributed by atoms with van der Waals surface area (Å²) in [5.74, 6) is -4.79. The van der Waals surface area contributed by atoms with Gasteiger partial charge in [0.15, 0.2) is 17.5 Å². The van der Waals surface area contributed by atoms with Gasteiger partial charge >= 0.3 is 0 Å². The van der Waals surface area contributed by atoms with Crippen molar-refractivity contribution >= 4 is 23.2 Å². The van der Waals surface area contributed by atoms with E-state index < -0.39 is 23.4 Å². The van der Waals surface area contributed by atoms with Gasteiger partial charge in [0, 0.05) is 18.0 Å². The van der Waals surface area contributed by atoms with E-state index in [0.29, 0.717) is 18.1 Å². The van der Waals surface area contributed by atoms with Gasteiger partial charge in [0.1, 0.15) is 0 Å². The highest BCUT2D eigenvalue weighted by atomic mass is 35.5. The molecule has 128 valence electrons. The van der Waals surface area contributed by atoms with Gasteiger partial charge < -0.3 is 10.6 Å². The van der Waals surface area contributed by atoms with E-state index in [0.717, 1.165) is 24.1 Å². The van der Waals surface area contributed by atoms with Crippen LogP contribution < -0.4 is 10.6 Å². The summed E-state index contributed by atoms with van der Waals surface area (Å²) < 4.78 is 39.3. The minimum Gasteiger partial charge on any atom is -0.323 e. The van der Waals surface area contributed by atoms with E-state index in [1.807, 2.05) is 12.1 Å². The van der Waals surface area contributed by atoms with Crippen LogP contribution in [0, 0.1) is 17.5 Å². The van der Waals surface area contributed by atoms with E-state index in [4.69, 9.17) is 11.6 Å². The first-order chi connectivity index (χ1) is 11.5. The van der Waals surface area contributed by atoms with Crippen LogP contribution in [0.3, 0.4) is 0 Å². The SMILES string of the molecule is O=C(CCNCCc1ccc(Cl)cc1)Nc1ccc(F)c(F)c1F. The molecule has 0 bridgehead atoms. The van der Waals surface area contributed by atoms with Gasteiger partial charge in [-0.25, -0.2) is 13.2 Å². The lowest BCUT2D eigenvalue weighted by molar-refractivity contribution is -0.116. The second kappa shape index (κ2) is 8.70. The monoisotopic (exact) mass is 356 g/mol. The summed E-state index contributed by atoms with van der Waals surface area (Å²) in [6.45, 7) is 1.04. The van der Waals surface area contributed by atoms with Crippen molar-refractivity contribution in [3.05, 3.63) is 64.4 Å². The Morgan fingerprint density at radius 3 is 2.38 bits per heavy atom. The molecule has 24 heavy (non-hydrogen) atoms. The molecule has 0 spiro atoms. The van der Waals surface area contributed by atoms with Gasteiger partial charge in [0.2, 0.25) is 5.91 Å². The molecule has 0 radical (unpaired) electrons. The zero-order chi connectivity index (χ0) is 17.5. The number of carbonyl (C=O) groups excluding carboxylic acids is 1. The van der Waals surface area contributed by atoms with Crippen molar-refractivity contribution in [2.24, 2.45) is 0 Å². The lowest BCUT2D eigenvalue weighted by atomic mass is 10.1. The van der Waals surface area contributed by atoms with E-state index in [9.17, 15) is 18.0 Å². The smallest absolute Gasteiger partial charge is 0.225 e. The van der Waals surface area contributed by atoms with Crippen LogP contribution in [0.5, 0.6) is 0 Å². The number of anilines is 1. The number of benzene rings is 2. The van der Waals surface area contributed by atoms with Crippen LogP contribution >= 0.6 is 11.6 Å². The van der Waals surface area contributed by atoms with E-state index in [1.165, 1.54) is 0 Å². The summed E-state index contributed by atoms with van der Waals surface area (Å²) in [6.07, 6.45) is 0.857. The summed E-state index contributed by atoms with van der Waals surface area (Å²) in [4.78, 5) is 11.7. The molecule has 2 aromatic rings. The Bertz CT molecular complexity index is 708. The number of carbonyl (C=O) groups is 1. The molecular formula is C17H16ClF3N2O. The predicted molar refractivity (Wildman–Crippen MR) is 87.6 cm³/mol. The Kier molecular flexibility index (Phi) is 6.63. The molecule has 0 saturated heterocycles. The zero-order valence-electron chi connectivity index (χ0n) is 12.7. The van der Waals surface area contributed by atoms with Crippen molar-refractivity contribution in [1.29, 1.82) is 0 Å².